The molecule has 0 amide bonds. The zero-order valence-electron chi connectivity index (χ0n) is 35.4. The molecule has 1 unspecified atom stereocenters. The molecule has 0 fully saturated rings. The Hall–Kier alpha value is -7.22. The van der Waals surface area contributed by atoms with Crippen molar-refractivity contribution in [1.82, 2.24) is 4.57 Å². The van der Waals surface area contributed by atoms with Crippen LogP contribution in [0.1, 0.15) is 54.0 Å². The Morgan fingerprint density at radius 3 is 1.73 bits per heavy atom. The van der Waals surface area contributed by atoms with Crippen LogP contribution in [0.25, 0.3) is 72.0 Å². The number of para-hydroxylation sites is 2. The normalized spacial score (nSPS) is 13.3. The van der Waals surface area contributed by atoms with Gasteiger partial charge in [0.2, 0.25) is 0 Å². The van der Waals surface area contributed by atoms with Gasteiger partial charge in [-0.05, 0) is 140 Å². The molecule has 1 heteroatoms. The van der Waals surface area contributed by atoms with Crippen LogP contribution in [0.4, 0.5) is 0 Å². The summed E-state index contributed by atoms with van der Waals surface area (Å²) in [4.78, 5) is 0. The van der Waals surface area contributed by atoms with E-state index in [2.05, 4.69) is 237 Å². The van der Waals surface area contributed by atoms with E-state index in [0.717, 1.165) is 19.3 Å². The summed E-state index contributed by atoms with van der Waals surface area (Å²) in [5, 5.41) is 2.54. The first-order valence-corrected chi connectivity index (χ1v) is 22.1. The summed E-state index contributed by atoms with van der Waals surface area (Å²) in [6.45, 7) is 4.81. The molecule has 0 N–H and O–H groups in total. The highest BCUT2D eigenvalue weighted by molar-refractivity contribution is 6.10. The maximum atomic E-state index is 2.54. The molecule has 10 aromatic rings. The molecule has 1 aliphatic rings. The summed E-state index contributed by atoms with van der Waals surface area (Å²) in [7, 11) is 0. The van der Waals surface area contributed by atoms with Gasteiger partial charge in [-0.25, -0.2) is 0 Å². The average Bonchev–Trinajstić information content (AvgIpc) is 3.78. The van der Waals surface area contributed by atoms with Crippen molar-refractivity contribution in [1.29, 1.82) is 0 Å². The van der Waals surface area contributed by atoms with Gasteiger partial charge in [-0.15, -0.1) is 0 Å². The van der Waals surface area contributed by atoms with Gasteiger partial charge in [-0.1, -0.05) is 190 Å². The smallest absolute Gasteiger partial charge is 0.0541 e. The van der Waals surface area contributed by atoms with Crippen LogP contribution < -0.4 is 0 Å². The third kappa shape index (κ3) is 6.85. The average molecular weight is 796 g/mol. The highest BCUT2D eigenvalue weighted by atomic mass is 15.0. The van der Waals surface area contributed by atoms with E-state index in [1.807, 2.05) is 0 Å². The molecule has 0 saturated carbocycles. The lowest BCUT2D eigenvalue weighted by Crippen LogP contribution is -2.16. The molecular formula is C61H49N. The van der Waals surface area contributed by atoms with Crippen LogP contribution in [0.5, 0.6) is 0 Å². The lowest BCUT2D eigenvalue weighted by atomic mass is 9.79. The van der Waals surface area contributed by atoms with E-state index in [0.29, 0.717) is 5.92 Å². The predicted octanol–water partition coefficient (Wildman–Crippen LogP) is 16.1. The lowest BCUT2D eigenvalue weighted by Gasteiger charge is -2.24. The van der Waals surface area contributed by atoms with Gasteiger partial charge in [0, 0.05) is 21.9 Å². The summed E-state index contributed by atoms with van der Waals surface area (Å²) in [5.41, 5.74) is 20.9. The minimum Gasteiger partial charge on any atom is -0.309 e. The monoisotopic (exact) mass is 795 g/mol. The van der Waals surface area contributed by atoms with Gasteiger partial charge in [0.1, 0.15) is 0 Å². The Bertz CT molecular complexity index is 3210. The standard InChI is InChI=1S/C61H49N/c1-61(2)57-40-50(44-17-8-4-9-18-44)31-34-53(57)54-35-32-51(41-58(54)61)48(37-43-15-6-3-7-16-43)30-27-42-25-28-45(29-26-42)46-19-14-20-47(38-46)49-33-36-60-56(39-49)55-23-12-13-24-59(55)62(60)52-21-10-5-11-22-52/h3-26,28-29,31-36,38-41,48H,27,30,37H2,1-2H3. The molecular weight excluding hydrogens is 747 g/mol. The molecule has 0 radical (unpaired) electrons. The fraction of sp³-hybridized carbons (Fsp3) is 0.115. The van der Waals surface area contributed by atoms with Crippen LogP contribution in [0.3, 0.4) is 0 Å². The fourth-order valence-corrected chi connectivity index (χ4v) is 10.2. The quantitative estimate of drug-likeness (QED) is 0.130. The molecule has 0 aliphatic heterocycles. The van der Waals surface area contributed by atoms with Crippen LogP contribution in [0.2, 0.25) is 0 Å². The van der Waals surface area contributed by atoms with Gasteiger partial charge < -0.3 is 4.57 Å². The second kappa shape index (κ2) is 15.7. The van der Waals surface area contributed by atoms with E-state index in [1.165, 1.54) is 99.8 Å². The number of hydrogen-bond acceptors (Lipinski definition) is 0. The number of hydrogen-bond donors (Lipinski definition) is 0. The summed E-state index contributed by atoms with van der Waals surface area (Å²) < 4.78 is 2.38. The first kappa shape index (κ1) is 37.8. The molecule has 0 saturated heterocycles. The molecule has 1 aliphatic carbocycles. The molecule has 1 aromatic heterocycles. The van der Waals surface area contributed by atoms with Crippen molar-refractivity contribution >= 4 is 21.8 Å². The van der Waals surface area contributed by atoms with Crippen molar-refractivity contribution in [3.63, 3.8) is 0 Å². The maximum absolute atomic E-state index is 2.54. The Morgan fingerprint density at radius 1 is 0.403 bits per heavy atom. The van der Waals surface area contributed by atoms with E-state index in [1.54, 1.807) is 0 Å². The van der Waals surface area contributed by atoms with Gasteiger partial charge in [0.15, 0.2) is 0 Å². The highest BCUT2D eigenvalue weighted by Gasteiger charge is 2.36. The van der Waals surface area contributed by atoms with E-state index in [-0.39, 0.29) is 5.41 Å². The minimum absolute atomic E-state index is 0.0779. The molecule has 11 rings (SSSR count). The Labute approximate surface area is 365 Å². The van der Waals surface area contributed by atoms with E-state index >= 15 is 0 Å². The molecule has 1 nitrogen and oxygen atoms in total. The van der Waals surface area contributed by atoms with Gasteiger partial charge in [-0.3, -0.25) is 0 Å². The minimum atomic E-state index is -0.0779. The van der Waals surface area contributed by atoms with Crippen LogP contribution >= 0.6 is 0 Å². The van der Waals surface area contributed by atoms with Gasteiger partial charge in [0.05, 0.1) is 11.0 Å². The van der Waals surface area contributed by atoms with Crippen molar-refractivity contribution in [3.8, 4) is 50.2 Å². The van der Waals surface area contributed by atoms with Crippen molar-refractivity contribution in [3.05, 3.63) is 246 Å². The van der Waals surface area contributed by atoms with E-state index in [9.17, 15) is 0 Å². The van der Waals surface area contributed by atoms with Crippen LogP contribution in [0, 0.1) is 0 Å². The van der Waals surface area contributed by atoms with Crippen LogP contribution in [0.15, 0.2) is 218 Å². The molecule has 0 bridgehead atoms. The van der Waals surface area contributed by atoms with Crippen molar-refractivity contribution < 1.29 is 0 Å². The third-order valence-corrected chi connectivity index (χ3v) is 13.6. The van der Waals surface area contributed by atoms with Gasteiger partial charge in [-0.2, -0.15) is 0 Å². The van der Waals surface area contributed by atoms with Crippen molar-refractivity contribution in [2.45, 2.75) is 44.4 Å². The Morgan fingerprint density at radius 2 is 0.952 bits per heavy atom. The lowest BCUT2D eigenvalue weighted by molar-refractivity contribution is 0.614. The maximum Gasteiger partial charge on any atom is 0.0541 e. The number of aromatic nitrogens is 1. The van der Waals surface area contributed by atoms with E-state index < -0.39 is 0 Å². The SMILES string of the molecule is CC1(C)c2cc(-c3ccccc3)ccc2-c2ccc(C(CCc3ccc(-c4cccc(-c5ccc6c(c5)c5ccccc5n6-c5ccccc5)c4)cc3)Cc3ccccc3)cc21. The Balaban J connectivity index is 0.850. The number of benzene rings is 9. The fourth-order valence-electron chi connectivity index (χ4n) is 10.2. The third-order valence-electron chi connectivity index (χ3n) is 13.6. The largest absolute Gasteiger partial charge is 0.309 e. The van der Waals surface area contributed by atoms with Crippen molar-refractivity contribution in [2.75, 3.05) is 0 Å². The number of aryl methyl sites for hydroxylation is 1. The predicted molar refractivity (Wildman–Crippen MR) is 262 cm³/mol. The molecule has 9 aromatic carbocycles. The summed E-state index contributed by atoms with van der Waals surface area (Å²) in [6.07, 6.45) is 3.13. The molecule has 298 valence electrons. The molecule has 62 heavy (non-hydrogen) atoms. The second-order valence-electron chi connectivity index (χ2n) is 17.7. The van der Waals surface area contributed by atoms with Crippen molar-refractivity contribution in [2.24, 2.45) is 0 Å². The van der Waals surface area contributed by atoms with Gasteiger partial charge in [0.25, 0.3) is 0 Å². The molecule has 0 spiro atoms. The topological polar surface area (TPSA) is 4.93 Å². The summed E-state index contributed by atoms with van der Waals surface area (Å²) >= 11 is 0. The first-order chi connectivity index (χ1) is 30.5. The Kier molecular flexibility index (Phi) is 9.54. The molecule has 1 heterocycles. The van der Waals surface area contributed by atoms with Gasteiger partial charge >= 0.3 is 0 Å². The second-order valence-corrected chi connectivity index (χ2v) is 17.7. The highest BCUT2D eigenvalue weighted by Crippen LogP contribution is 2.50. The number of rotatable bonds is 10. The van der Waals surface area contributed by atoms with Crippen LogP contribution in [-0.2, 0) is 18.3 Å². The zero-order chi connectivity index (χ0) is 41.6. The summed E-state index contributed by atoms with van der Waals surface area (Å²) in [5.74, 6) is 0.400. The van der Waals surface area contributed by atoms with Crippen LogP contribution in [-0.4, -0.2) is 4.57 Å². The van der Waals surface area contributed by atoms with E-state index in [4.69, 9.17) is 0 Å². The number of fused-ring (bicyclic) bond motifs is 6. The number of nitrogens with zero attached hydrogens (tertiary/aromatic N) is 1. The first-order valence-electron chi connectivity index (χ1n) is 22.1. The molecule has 1 atom stereocenters. The zero-order valence-corrected chi connectivity index (χ0v) is 35.4. The summed E-state index contributed by atoms with van der Waals surface area (Å²) in [6, 6.07) is 81.0.